The largest absolute Gasteiger partial charge is 0.423 e. The molecular weight excluding hydrogens is 268 g/mol. The highest BCUT2D eigenvalue weighted by atomic mass is 16.5. The van der Waals surface area contributed by atoms with E-state index < -0.39 is 12.0 Å². The Hall–Kier alpha value is -2.37. The van der Waals surface area contributed by atoms with Gasteiger partial charge in [-0.2, -0.15) is 0 Å². The number of ether oxygens (including phenoxy) is 1. The SMILES string of the molecule is Nc1cccc(CO)c1OC(=O)C(N)Cc1ccccc1. The van der Waals surface area contributed by atoms with Crippen molar-refractivity contribution in [3.05, 3.63) is 59.7 Å². The fourth-order valence-electron chi connectivity index (χ4n) is 1.98. The van der Waals surface area contributed by atoms with Crippen LogP contribution in [0.1, 0.15) is 11.1 Å². The summed E-state index contributed by atoms with van der Waals surface area (Å²) in [5.41, 5.74) is 13.3. The highest BCUT2D eigenvalue weighted by Crippen LogP contribution is 2.26. The summed E-state index contributed by atoms with van der Waals surface area (Å²) in [5, 5.41) is 9.25. The monoisotopic (exact) mass is 286 g/mol. The summed E-state index contributed by atoms with van der Waals surface area (Å²) < 4.78 is 5.25. The zero-order chi connectivity index (χ0) is 15.2. The van der Waals surface area contributed by atoms with Crippen molar-refractivity contribution in [2.45, 2.75) is 19.1 Å². The maximum atomic E-state index is 12.1. The minimum atomic E-state index is -0.793. The molecule has 110 valence electrons. The minimum Gasteiger partial charge on any atom is -0.423 e. The molecule has 2 aromatic carbocycles. The molecule has 21 heavy (non-hydrogen) atoms. The molecular formula is C16H18N2O3. The normalized spacial score (nSPS) is 11.9. The summed E-state index contributed by atoms with van der Waals surface area (Å²) in [5.74, 6) is -0.403. The van der Waals surface area contributed by atoms with E-state index in [1.807, 2.05) is 30.3 Å². The Morgan fingerprint density at radius 3 is 2.52 bits per heavy atom. The number of nitrogens with two attached hydrogens (primary N) is 2. The van der Waals surface area contributed by atoms with Crippen LogP contribution in [0.2, 0.25) is 0 Å². The molecule has 0 aliphatic rings. The van der Waals surface area contributed by atoms with Crippen molar-refractivity contribution in [1.29, 1.82) is 0 Å². The summed E-state index contributed by atoms with van der Waals surface area (Å²) in [6, 6.07) is 13.6. The third kappa shape index (κ3) is 3.81. The number of hydrogen-bond donors (Lipinski definition) is 3. The Morgan fingerprint density at radius 1 is 1.14 bits per heavy atom. The van der Waals surface area contributed by atoms with Gasteiger partial charge in [-0.05, 0) is 18.1 Å². The number of carbonyl (C=O) groups is 1. The average molecular weight is 286 g/mol. The van der Waals surface area contributed by atoms with Gasteiger partial charge in [-0.1, -0.05) is 42.5 Å². The van der Waals surface area contributed by atoms with Crippen LogP contribution in [-0.4, -0.2) is 17.1 Å². The van der Waals surface area contributed by atoms with Crippen molar-refractivity contribution < 1.29 is 14.6 Å². The molecule has 0 bridgehead atoms. The number of nitrogen functional groups attached to an aromatic ring is 1. The number of hydrogen-bond acceptors (Lipinski definition) is 5. The molecule has 5 heteroatoms. The van der Waals surface area contributed by atoms with Gasteiger partial charge in [-0.15, -0.1) is 0 Å². The Bertz CT molecular complexity index is 614. The molecule has 0 amide bonds. The van der Waals surface area contributed by atoms with Crippen LogP contribution in [0.4, 0.5) is 5.69 Å². The first-order chi connectivity index (χ1) is 10.1. The Balaban J connectivity index is 2.08. The van der Waals surface area contributed by atoms with Crippen LogP contribution in [0, 0.1) is 0 Å². The van der Waals surface area contributed by atoms with Gasteiger partial charge in [0.05, 0.1) is 12.3 Å². The fourth-order valence-corrected chi connectivity index (χ4v) is 1.98. The average Bonchev–Trinajstić information content (AvgIpc) is 2.50. The predicted molar refractivity (Wildman–Crippen MR) is 80.5 cm³/mol. The number of aliphatic hydroxyl groups is 1. The highest BCUT2D eigenvalue weighted by molar-refractivity contribution is 5.80. The quantitative estimate of drug-likeness (QED) is 0.436. The summed E-state index contributed by atoms with van der Waals surface area (Å²) in [6.07, 6.45) is 0.376. The number of benzene rings is 2. The Labute approximate surface area is 123 Å². The molecule has 0 aliphatic heterocycles. The van der Waals surface area contributed by atoms with Gasteiger partial charge in [-0.3, -0.25) is 0 Å². The minimum absolute atomic E-state index is 0.175. The molecule has 0 saturated carbocycles. The van der Waals surface area contributed by atoms with Gasteiger partial charge in [0.25, 0.3) is 0 Å². The molecule has 0 saturated heterocycles. The molecule has 5 nitrogen and oxygen atoms in total. The topological polar surface area (TPSA) is 98.6 Å². The summed E-state index contributed by atoms with van der Waals surface area (Å²) in [7, 11) is 0. The standard InChI is InChI=1S/C16H18N2O3/c17-13-8-4-7-12(10-19)15(13)21-16(20)14(18)9-11-5-2-1-3-6-11/h1-8,14,19H,9-10,17-18H2. The van der Waals surface area contributed by atoms with Crippen molar-refractivity contribution in [3.8, 4) is 5.75 Å². The van der Waals surface area contributed by atoms with Crippen LogP contribution < -0.4 is 16.2 Å². The van der Waals surface area contributed by atoms with Gasteiger partial charge < -0.3 is 21.3 Å². The molecule has 0 aromatic heterocycles. The van der Waals surface area contributed by atoms with E-state index in [0.29, 0.717) is 17.7 Å². The predicted octanol–water partition coefficient (Wildman–Crippen LogP) is 1.24. The lowest BCUT2D eigenvalue weighted by Crippen LogP contribution is -2.36. The maximum Gasteiger partial charge on any atom is 0.328 e. The molecule has 2 aromatic rings. The Morgan fingerprint density at radius 2 is 1.86 bits per heavy atom. The molecule has 0 radical (unpaired) electrons. The molecule has 2 rings (SSSR count). The van der Waals surface area contributed by atoms with Crippen molar-refractivity contribution >= 4 is 11.7 Å². The van der Waals surface area contributed by atoms with Crippen molar-refractivity contribution in [2.75, 3.05) is 5.73 Å². The Kier molecular flexibility index (Phi) is 4.92. The molecule has 5 N–H and O–H groups in total. The lowest BCUT2D eigenvalue weighted by atomic mass is 10.1. The van der Waals surface area contributed by atoms with Crippen molar-refractivity contribution in [1.82, 2.24) is 0 Å². The molecule has 1 unspecified atom stereocenters. The van der Waals surface area contributed by atoms with Gasteiger partial charge in [0.2, 0.25) is 0 Å². The van der Waals surface area contributed by atoms with Crippen molar-refractivity contribution in [3.63, 3.8) is 0 Å². The molecule has 0 aliphatic carbocycles. The van der Waals surface area contributed by atoms with Crippen LogP contribution >= 0.6 is 0 Å². The number of aliphatic hydroxyl groups excluding tert-OH is 1. The van der Waals surface area contributed by atoms with E-state index in [2.05, 4.69) is 0 Å². The van der Waals surface area contributed by atoms with Crippen LogP contribution in [-0.2, 0) is 17.8 Å². The van der Waals surface area contributed by atoms with Crippen LogP contribution in [0.25, 0.3) is 0 Å². The van der Waals surface area contributed by atoms with Gasteiger partial charge >= 0.3 is 5.97 Å². The van der Waals surface area contributed by atoms with Crippen molar-refractivity contribution in [2.24, 2.45) is 5.73 Å². The second kappa shape index (κ2) is 6.88. The second-order valence-corrected chi connectivity index (χ2v) is 4.71. The van der Waals surface area contributed by atoms with Crippen LogP contribution in [0.15, 0.2) is 48.5 Å². The van der Waals surface area contributed by atoms with Crippen LogP contribution in [0.3, 0.4) is 0 Å². The number of anilines is 1. The summed E-state index contributed by atoms with van der Waals surface area (Å²) >= 11 is 0. The van der Waals surface area contributed by atoms with Gasteiger partial charge in [0.15, 0.2) is 5.75 Å². The number of para-hydroxylation sites is 1. The van der Waals surface area contributed by atoms with Crippen LogP contribution in [0.5, 0.6) is 5.75 Å². The first-order valence-electron chi connectivity index (χ1n) is 6.61. The third-order valence-corrected chi connectivity index (χ3v) is 3.10. The van der Waals surface area contributed by atoms with E-state index >= 15 is 0 Å². The first kappa shape index (κ1) is 15.0. The van der Waals surface area contributed by atoms with Gasteiger partial charge in [-0.25, -0.2) is 4.79 Å². The summed E-state index contributed by atoms with van der Waals surface area (Å²) in [6.45, 7) is -0.262. The fraction of sp³-hybridized carbons (Fsp3) is 0.188. The lowest BCUT2D eigenvalue weighted by Gasteiger charge is -2.14. The smallest absolute Gasteiger partial charge is 0.328 e. The van der Waals surface area contributed by atoms with E-state index in [4.69, 9.17) is 16.2 Å². The third-order valence-electron chi connectivity index (χ3n) is 3.10. The lowest BCUT2D eigenvalue weighted by molar-refractivity contribution is -0.135. The second-order valence-electron chi connectivity index (χ2n) is 4.71. The van der Waals surface area contributed by atoms with E-state index in [1.165, 1.54) is 0 Å². The zero-order valence-corrected chi connectivity index (χ0v) is 11.5. The van der Waals surface area contributed by atoms with E-state index in [-0.39, 0.29) is 12.4 Å². The maximum absolute atomic E-state index is 12.1. The molecule has 0 heterocycles. The first-order valence-corrected chi connectivity index (χ1v) is 6.61. The van der Waals surface area contributed by atoms with Gasteiger partial charge in [0.1, 0.15) is 6.04 Å². The number of rotatable bonds is 5. The number of carbonyl (C=O) groups excluding carboxylic acids is 1. The molecule has 0 fully saturated rings. The number of esters is 1. The van der Waals surface area contributed by atoms with Gasteiger partial charge in [0, 0.05) is 5.56 Å². The summed E-state index contributed by atoms with van der Waals surface area (Å²) in [4.78, 5) is 12.1. The molecule has 1 atom stereocenters. The van der Waals surface area contributed by atoms with E-state index in [1.54, 1.807) is 18.2 Å². The molecule has 0 spiro atoms. The van der Waals surface area contributed by atoms with E-state index in [0.717, 1.165) is 5.56 Å². The highest BCUT2D eigenvalue weighted by Gasteiger charge is 2.19. The van der Waals surface area contributed by atoms with E-state index in [9.17, 15) is 9.90 Å². The zero-order valence-electron chi connectivity index (χ0n) is 11.5.